The van der Waals surface area contributed by atoms with Crippen LogP contribution in [0.5, 0.6) is 23.0 Å². The van der Waals surface area contributed by atoms with Gasteiger partial charge in [0.1, 0.15) is 12.4 Å². The Balaban J connectivity index is 1.33. The number of carbonyl (C=O) groups excluding carboxylic acids is 1. The number of carbonyl (C=O) groups is 1. The van der Waals surface area contributed by atoms with E-state index in [0.29, 0.717) is 36.7 Å². The number of allylic oxidation sites excluding steroid dienone is 1. The second kappa shape index (κ2) is 11.9. The van der Waals surface area contributed by atoms with Crippen molar-refractivity contribution in [2.24, 2.45) is 0 Å². The minimum atomic E-state index is -0.312. The van der Waals surface area contributed by atoms with Gasteiger partial charge in [0, 0.05) is 17.7 Å². The number of fused-ring (bicyclic) bond motifs is 1. The summed E-state index contributed by atoms with van der Waals surface area (Å²) >= 11 is 0. The SMILES string of the molecule is COc1cc([C@H]2CC(=O)C3=C(C2)Nc2ccccc2N[C@H]3c2ccc(OCc3ccccc3)cc2)cc(OC)c1OC. The molecule has 1 heterocycles. The van der Waals surface area contributed by atoms with E-state index in [1.54, 1.807) is 21.3 Å². The Morgan fingerprint density at radius 2 is 1.40 bits per heavy atom. The van der Waals surface area contributed by atoms with Crippen molar-refractivity contribution in [1.82, 2.24) is 0 Å². The summed E-state index contributed by atoms with van der Waals surface area (Å²) in [7, 11) is 4.79. The molecule has 0 unspecified atom stereocenters. The molecule has 42 heavy (non-hydrogen) atoms. The van der Waals surface area contributed by atoms with E-state index in [0.717, 1.165) is 45.1 Å². The lowest BCUT2D eigenvalue weighted by atomic mass is 9.78. The molecule has 0 bridgehead atoms. The standard InChI is InChI=1S/C35H34N2O5/c1-39-31-19-25(20-32(40-2)35(31)41-3)24-17-29-33(30(38)18-24)34(37-28-12-8-7-11-27(28)36-29)23-13-15-26(16-14-23)42-21-22-9-5-4-6-10-22/h4-16,19-20,24,34,36-37H,17-18,21H2,1-3H3/t24-,34+/m1/s1. The molecule has 2 atom stereocenters. The van der Waals surface area contributed by atoms with E-state index in [1.165, 1.54) is 0 Å². The molecule has 1 aliphatic carbocycles. The second-order valence-electron chi connectivity index (χ2n) is 10.5. The molecule has 7 heteroatoms. The number of hydrogen-bond acceptors (Lipinski definition) is 7. The van der Waals surface area contributed by atoms with E-state index >= 15 is 0 Å². The molecule has 6 rings (SSSR count). The number of benzene rings is 4. The third-order valence-corrected chi connectivity index (χ3v) is 7.93. The number of ether oxygens (including phenoxy) is 4. The minimum Gasteiger partial charge on any atom is -0.493 e. The van der Waals surface area contributed by atoms with Crippen molar-refractivity contribution in [3.8, 4) is 23.0 Å². The first kappa shape index (κ1) is 27.3. The van der Waals surface area contributed by atoms with Crippen LogP contribution < -0.4 is 29.6 Å². The zero-order valence-electron chi connectivity index (χ0n) is 24.0. The van der Waals surface area contributed by atoms with Crippen molar-refractivity contribution in [2.75, 3.05) is 32.0 Å². The summed E-state index contributed by atoms with van der Waals surface area (Å²) < 4.78 is 22.7. The zero-order valence-corrected chi connectivity index (χ0v) is 24.0. The van der Waals surface area contributed by atoms with Gasteiger partial charge in [-0.1, -0.05) is 54.6 Å². The molecule has 0 radical (unpaired) electrons. The van der Waals surface area contributed by atoms with E-state index in [-0.39, 0.29) is 17.7 Å². The van der Waals surface area contributed by atoms with Gasteiger partial charge in [0.05, 0.1) is 38.7 Å². The van der Waals surface area contributed by atoms with Crippen LogP contribution in [0.3, 0.4) is 0 Å². The van der Waals surface area contributed by atoms with Gasteiger partial charge in [-0.3, -0.25) is 4.79 Å². The number of methoxy groups -OCH3 is 3. The smallest absolute Gasteiger partial charge is 0.203 e. The third kappa shape index (κ3) is 5.38. The fraction of sp³-hybridized carbons (Fsp3) is 0.229. The van der Waals surface area contributed by atoms with Crippen LogP contribution in [0.25, 0.3) is 0 Å². The van der Waals surface area contributed by atoms with E-state index in [1.807, 2.05) is 91.0 Å². The summed E-state index contributed by atoms with van der Waals surface area (Å²) in [5.74, 6) is 2.50. The van der Waals surface area contributed by atoms with E-state index in [4.69, 9.17) is 18.9 Å². The number of ketones is 1. The average molecular weight is 563 g/mol. The van der Waals surface area contributed by atoms with Crippen LogP contribution in [0.1, 0.15) is 41.5 Å². The Morgan fingerprint density at radius 3 is 2.07 bits per heavy atom. The van der Waals surface area contributed by atoms with Gasteiger partial charge in [0.2, 0.25) is 5.75 Å². The fourth-order valence-corrected chi connectivity index (χ4v) is 5.81. The number of anilines is 2. The molecular weight excluding hydrogens is 528 g/mol. The summed E-state index contributed by atoms with van der Waals surface area (Å²) in [4.78, 5) is 14.0. The maximum Gasteiger partial charge on any atom is 0.203 e. The molecule has 2 N–H and O–H groups in total. The third-order valence-electron chi connectivity index (χ3n) is 7.93. The van der Waals surface area contributed by atoms with Crippen molar-refractivity contribution >= 4 is 17.2 Å². The molecule has 7 nitrogen and oxygen atoms in total. The summed E-state index contributed by atoms with van der Waals surface area (Å²) in [6, 6.07) is 29.7. The van der Waals surface area contributed by atoms with Crippen molar-refractivity contribution in [3.05, 3.63) is 119 Å². The van der Waals surface area contributed by atoms with Crippen molar-refractivity contribution in [1.29, 1.82) is 0 Å². The monoisotopic (exact) mass is 562 g/mol. The number of rotatable bonds is 8. The lowest BCUT2D eigenvalue weighted by Gasteiger charge is -2.30. The van der Waals surface area contributed by atoms with Crippen LogP contribution in [0, 0.1) is 0 Å². The summed E-state index contributed by atoms with van der Waals surface area (Å²) in [5.41, 5.74) is 6.62. The van der Waals surface area contributed by atoms with Gasteiger partial charge >= 0.3 is 0 Å². The number of para-hydroxylation sites is 2. The molecule has 4 aromatic carbocycles. The molecule has 0 spiro atoms. The summed E-state index contributed by atoms with van der Waals surface area (Å²) in [6.07, 6.45) is 1.02. The normalized spacial score (nSPS) is 17.6. The van der Waals surface area contributed by atoms with Gasteiger partial charge in [-0.25, -0.2) is 0 Å². The van der Waals surface area contributed by atoms with E-state index < -0.39 is 0 Å². The van der Waals surface area contributed by atoms with Crippen LogP contribution in [0.15, 0.2) is 102 Å². The highest BCUT2D eigenvalue weighted by molar-refractivity contribution is 6.01. The van der Waals surface area contributed by atoms with Gasteiger partial charge < -0.3 is 29.6 Å². The average Bonchev–Trinajstić information content (AvgIpc) is 3.21. The van der Waals surface area contributed by atoms with E-state index in [2.05, 4.69) is 10.6 Å². The lowest BCUT2D eigenvalue weighted by Crippen LogP contribution is -2.27. The zero-order chi connectivity index (χ0) is 29.1. The van der Waals surface area contributed by atoms with E-state index in [9.17, 15) is 4.79 Å². The Hall–Kier alpha value is -4.91. The molecule has 0 fully saturated rings. The molecule has 0 amide bonds. The lowest BCUT2D eigenvalue weighted by molar-refractivity contribution is -0.116. The maximum atomic E-state index is 14.0. The minimum absolute atomic E-state index is 0.0582. The molecular formula is C35H34N2O5. The van der Waals surface area contributed by atoms with Crippen LogP contribution in [-0.2, 0) is 11.4 Å². The summed E-state index contributed by atoms with van der Waals surface area (Å²) in [5, 5.41) is 7.26. The summed E-state index contributed by atoms with van der Waals surface area (Å²) in [6.45, 7) is 0.495. The molecule has 2 aliphatic rings. The van der Waals surface area contributed by atoms with Gasteiger partial charge in [-0.2, -0.15) is 0 Å². The van der Waals surface area contributed by atoms with Gasteiger partial charge in [0.25, 0.3) is 0 Å². The van der Waals surface area contributed by atoms with Gasteiger partial charge in [-0.15, -0.1) is 0 Å². The molecule has 4 aromatic rings. The predicted molar refractivity (Wildman–Crippen MR) is 164 cm³/mol. The van der Waals surface area contributed by atoms with Gasteiger partial charge in [0.15, 0.2) is 17.3 Å². The first-order chi connectivity index (χ1) is 20.6. The van der Waals surface area contributed by atoms with Crippen molar-refractivity contribution < 1.29 is 23.7 Å². The van der Waals surface area contributed by atoms with Crippen molar-refractivity contribution in [2.45, 2.75) is 31.4 Å². The number of hydrogen-bond donors (Lipinski definition) is 2. The Labute approximate surface area is 246 Å². The van der Waals surface area contributed by atoms with Gasteiger partial charge in [-0.05, 0) is 65.4 Å². The Kier molecular flexibility index (Phi) is 7.73. The highest BCUT2D eigenvalue weighted by Crippen LogP contribution is 2.47. The molecule has 214 valence electrons. The van der Waals surface area contributed by atoms with Crippen LogP contribution in [-0.4, -0.2) is 27.1 Å². The topological polar surface area (TPSA) is 78.1 Å². The predicted octanol–water partition coefficient (Wildman–Crippen LogP) is 7.27. The first-order valence-corrected chi connectivity index (χ1v) is 14.0. The quantitative estimate of drug-likeness (QED) is 0.234. The molecule has 0 aromatic heterocycles. The molecule has 0 saturated carbocycles. The molecule has 0 saturated heterocycles. The highest BCUT2D eigenvalue weighted by atomic mass is 16.5. The fourth-order valence-electron chi connectivity index (χ4n) is 5.81. The Bertz CT molecular complexity index is 1590. The van der Waals surface area contributed by atoms with Crippen LogP contribution in [0.2, 0.25) is 0 Å². The van der Waals surface area contributed by atoms with Crippen LogP contribution in [0.4, 0.5) is 11.4 Å². The number of Topliss-reactive ketones (excluding diaryl/α,β-unsaturated/α-hetero) is 1. The van der Waals surface area contributed by atoms with Crippen LogP contribution >= 0.6 is 0 Å². The first-order valence-electron chi connectivity index (χ1n) is 14.0. The maximum absolute atomic E-state index is 14.0. The Morgan fingerprint density at radius 1 is 0.738 bits per heavy atom. The molecule has 1 aliphatic heterocycles. The largest absolute Gasteiger partial charge is 0.493 e. The van der Waals surface area contributed by atoms with Crippen molar-refractivity contribution in [3.63, 3.8) is 0 Å². The second-order valence-corrected chi connectivity index (χ2v) is 10.5. The number of nitrogens with one attached hydrogen (secondary N) is 2. The highest BCUT2D eigenvalue weighted by Gasteiger charge is 2.36.